The molecule has 1 aliphatic carbocycles. The minimum Gasteiger partial charge on any atom is -0.464 e. The van der Waals surface area contributed by atoms with Gasteiger partial charge in [0, 0.05) is 10.6 Å². The van der Waals surface area contributed by atoms with Gasteiger partial charge in [-0.3, -0.25) is 0 Å². The second-order valence-corrected chi connectivity index (χ2v) is 5.57. The molecule has 0 aromatic heterocycles. The van der Waals surface area contributed by atoms with Gasteiger partial charge in [-0.25, -0.2) is 4.79 Å². The first-order valence-electron chi connectivity index (χ1n) is 6.28. The zero-order valence-corrected chi connectivity index (χ0v) is 11.3. The van der Waals surface area contributed by atoms with Gasteiger partial charge in [0.25, 0.3) is 0 Å². The van der Waals surface area contributed by atoms with Gasteiger partial charge >= 0.3 is 5.97 Å². The standard InChI is InChI=1S/C14H18O3S/c1-2-17-14(16)13(15)11-5-7-12(8-6-11)18-9-10-3-4-10/h5-8,10,13,15H,2-4,9H2,1H3. The molecule has 0 saturated heterocycles. The summed E-state index contributed by atoms with van der Waals surface area (Å²) in [5.41, 5.74) is 0.587. The maximum atomic E-state index is 11.4. The topological polar surface area (TPSA) is 46.5 Å². The Balaban J connectivity index is 1.90. The number of thioether (sulfide) groups is 1. The maximum Gasteiger partial charge on any atom is 0.339 e. The average Bonchev–Trinajstić information content (AvgIpc) is 3.20. The molecule has 1 saturated carbocycles. The zero-order valence-electron chi connectivity index (χ0n) is 10.5. The quantitative estimate of drug-likeness (QED) is 0.635. The van der Waals surface area contributed by atoms with E-state index < -0.39 is 12.1 Å². The third-order valence-corrected chi connectivity index (χ3v) is 4.13. The van der Waals surface area contributed by atoms with Gasteiger partial charge in [-0.15, -0.1) is 11.8 Å². The molecule has 0 aliphatic heterocycles. The number of hydrogen-bond acceptors (Lipinski definition) is 4. The summed E-state index contributed by atoms with van der Waals surface area (Å²) in [6, 6.07) is 7.48. The highest BCUT2D eigenvalue weighted by atomic mass is 32.2. The number of hydrogen-bond donors (Lipinski definition) is 1. The van der Waals surface area contributed by atoms with E-state index in [1.165, 1.54) is 23.5 Å². The van der Waals surface area contributed by atoms with Crippen molar-refractivity contribution in [3.8, 4) is 0 Å². The lowest BCUT2D eigenvalue weighted by Crippen LogP contribution is -2.15. The summed E-state index contributed by atoms with van der Waals surface area (Å²) in [5.74, 6) is 1.47. The van der Waals surface area contributed by atoms with Crippen molar-refractivity contribution in [2.24, 2.45) is 5.92 Å². The van der Waals surface area contributed by atoms with E-state index in [4.69, 9.17) is 4.74 Å². The number of aliphatic hydroxyl groups is 1. The average molecular weight is 266 g/mol. The van der Waals surface area contributed by atoms with Crippen molar-refractivity contribution in [1.82, 2.24) is 0 Å². The molecular weight excluding hydrogens is 248 g/mol. The van der Waals surface area contributed by atoms with Gasteiger partial charge in [0.05, 0.1) is 6.61 Å². The monoisotopic (exact) mass is 266 g/mol. The Morgan fingerprint density at radius 2 is 2.11 bits per heavy atom. The number of carbonyl (C=O) groups excluding carboxylic acids is 1. The smallest absolute Gasteiger partial charge is 0.339 e. The van der Waals surface area contributed by atoms with Crippen molar-refractivity contribution in [2.75, 3.05) is 12.4 Å². The predicted molar refractivity (Wildman–Crippen MR) is 71.5 cm³/mol. The van der Waals surface area contributed by atoms with E-state index in [0.717, 1.165) is 5.92 Å². The number of benzene rings is 1. The van der Waals surface area contributed by atoms with Crippen molar-refractivity contribution in [1.29, 1.82) is 0 Å². The highest BCUT2D eigenvalue weighted by molar-refractivity contribution is 7.99. The summed E-state index contributed by atoms with van der Waals surface area (Å²) in [6.45, 7) is 2.01. The molecule has 3 nitrogen and oxygen atoms in total. The number of ether oxygens (including phenoxy) is 1. The molecule has 98 valence electrons. The molecule has 1 unspecified atom stereocenters. The lowest BCUT2D eigenvalue weighted by molar-refractivity contribution is -0.153. The van der Waals surface area contributed by atoms with Gasteiger partial charge in [-0.05, 0) is 43.4 Å². The number of carbonyl (C=O) groups is 1. The van der Waals surface area contributed by atoms with Crippen LogP contribution in [0.3, 0.4) is 0 Å². The van der Waals surface area contributed by atoms with Crippen LogP contribution in [0.15, 0.2) is 29.2 Å². The molecule has 1 aliphatic rings. The molecule has 1 aromatic rings. The number of esters is 1. The van der Waals surface area contributed by atoms with Crippen molar-refractivity contribution < 1.29 is 14.6 Å². The summed E-state index contributed by atoms with van der Waals surface area (Å²) in [4.78, 5) is 12.6. The van der Waals surface area contributed by atoms with Crippen LogP contribution in [0.5, 0.6) is 0 Å². The molecule has 1 atom stereocenters. The highest BCUT2D eigenvalue weighted by Crippen LogP contribution is 2.35. The summed E-state index contributed by atoms with van der Waals surface area (Å²) >= 11 is 1.83. The fourth-order valence-electron chi connectivity index (χ4n) is 1.60. The van der Waals surface area contributed by atoms with E-state index >= 15 is 0 Å². The van der Waals surface area contributed by atoms with Crippen LogP contribution < -0.4 is 0 Å². The Kier molecular flexibility index (Phi) is 4.66. The molecule has 0 bridgehead atoms. The fourth-order valence-corrected chi connectivity index (χ4v) is 2.69. The second kappa shape index (κ2) is 6.25. The van der Waals surface area contributed by atoms with Crippen LogP contribution >= 0.6 is 11.8 Å². The first-order valence-corrected chi connectivity index (χ1v) is 7.26. The van der Waals surface area contributed by atoms with Crippen LogP contribution in [-0.2, 0) is 9.53 Å². The molecule has 4 heteroatoms. The third kappa shape index (κ3) is 3.75. The van der Waals surface area contributed by atoms with Gasteiger partial charge in [0.2, 0.25) is 0 Å². The molecular formula is C14H18O3S. The Labute approximate surface area is 112 Å². The Bertz CT molecular complexity index is 398. The Morgan fingerprint density at radius 3 is 2.67 bits per heavy atom. The van der Waals surface area contributed by atoms with Gasteiger partial charge < -0.3 is 9.84 Å². The van der Waals surface area contributed by atoms with Gasteiger partial charge in [0.1, 0.15) is 0 Å². The molecule has 18 heavy (non-hydrogen) atoms. The van der Waals surface area contributed by atoms with Crippen LogP contribution in [-0.4, -0.2) is 23.4 Å². The predicted octanol–water partition coefficient (Wildman–Crippen LogP) is 2.79. The Morgan fingerprint density at radius 1 is 1.44 bits per heavy atom. The molecule has 0 radical (unpaired) electrons. The molecule has 0 amide bonds. The van der Waals surface area contributed by atoms with Crippen LogP contribution in [0.2, 0.25) is 0 Å². The number of rotatable bonds is 6. The molecule has 0 spiro atoms. The van der Waals surface area contributed by atoms with Crippen LogP contribution in [0, 0.1) is 5.92 Å². The highest BCUT2D eigenvalue weighted by Gasteiger charge is 2.21. The lowest BCUT2D eigenvalue weighted by Gasteiger charge is -2.10. The van der Waals surface area contributed by atoms with Crippen molar-refractivity contribution >= 4 is 17.7 Å². The minimum absolute atomic E-state index is 0.283. The van der Waals surface area contributed by atoms with Crippen molar-refractivity contribution in [3.05, 3.63) is 29.8 Å². The largest absolute Gasteiger partial charge is 0.464 e. The summed E-state index contributed by atoms with van der Waals surface area (Å²) in [7, 11) is 0. The second-order valence-electron chi connectivity index (χ2n) is 4.48. The van der Waals surface area contributed by atoms with Crippen molar-refractivity contribution in [2.45, 2.75) is 30.8 Å². The van der Waals surface area contributed by atoms with E-state index in [-0.39, 0.29) is 6.61 Å². The van der Waals surface area contributed by atoms with E-state index in [2.05, 4.69) is 0 Å². The van der Waals surface area contributed by atoms with Gasteiger partial charge in [-0.1, -0.05) is 12.1 Å². The van der Waals surface area contributed by atoms with E-state index in [1.807, 2.05) is 23.9 Å². The summed E-state index contributed by atoms with van der Waals surface area (Å²) < 4.78 is 4.78. The van der Waals surface area contributed by atoms with Crippen LogP contribution in [0.4, 0.5) is 0 Å². The van der Waals surface area contributed by atoms with E-state index in [1.54, 1.807) is 19.1 Å². The zero-order chi connectivity index (χ0) is 13.0. The first kappa shape index (κ1) is 13.4. The maximum absolute atomic E-state index is 11.4. The van der Waals surface area contributed by atoms with Gasteiger partial charge in [-0.2, -0.15) is 0 Å². The third-order valence-electron chi connectivity index (χ3n) is 2.89. The number of aliphatic hydroxyl groups excluding tert-OH is 1. The van der Waals surface area contributed by atoms with E-state index in [0.29, 0.717) is 5.56 Å². The minimum atomic E-state index is -1.17. The Hall–Kier alpha value is -1.00. The summed E-state index contributed by atoms with van der Waals surface area (Å²) in [5, 5.41) is 9.76. The SMILES string of the molecule is CCOC(=O)C(O)c1ccc(SCC2CC2)cc1. The first-order chi connectivity index (χ1) is 8.70. The van der Waals surface area contributed by atoms with Crippen molar-refractivity contribution in [3.63, 3.8) is 0 Å². The normalized spacial score (nSPS) is 16.3. The van der Waals surface area contributed by atoms with E-state index in [9.17, 15) is 9.90 Å². The van der Waals surface area contributed by atoms with Gasteiger partial charge in [0.15, 0.2) is 6.10 Å². The lowest BCUT2D eigenvalue weighted by atomic mass is 10.1. The summed E-state index contributed by atoms with van der Waals surface area (Å²) in [6.07, 6.45) is 1.53. The molecule has 2 rings (SSSR count). The van der Waals surface area contributed by atoms with Crippen LogP contribution in [0.1, 0.15) is 31.4 Å². The fraction of sp³-hybridized carbons (Fsp3) is 0.500. The molecule has 0 heterocycles. The molecule has 1 aromatic carbocycles. The molecule has 1 fully saturated rings. The molecule has 1 N–H and O–H groups in total. The van der Waals surface area contributed by atoms with Crippen LogP contribution in [0.25, 0.3) is 0 Å².